The monoisotopic (exact) mass is 754 g/mol. The van der Waals surface area contributed by atoms with Crippen molar-refractivity contribution < 1.29 is 4.74 Å². The Morgan fingerprint density at radius 3 is 1.74 bits per heavy atom. The van der Waals surface area contributed by atoms with Gasteiger partial charge in [0.2, 0.25) is 0 Å². The van der Waals surface area contributed by atoms with Crippen LogP contribution in [0.1, 0.15) is 105 Å². The van der Waals surface area contributed by atoms with E-state index in [9.17, 15) is 0 Å². The minimum Gasteiger partial charge on any atom is -0.457 e. The molecule has 0 saturated carbocycles. The molecule has 3 heterocycles. The maximum Gasteiger partial charge on any atom is 0.137 e. The lowest BCUT2D eigenvalue weighted by Gasteiger charge is -2.25. The summed E-state index contributed by atoms with van der Waals surface area (Å²) in [5.74, 6) is 2.48. The number of fused-ring (bicyclic) bond motifs is 4. The van der Waals surface area contributed by atoms with Gasteiger partial charge in [-0.1, -0.05) is 113 Å². The Hall–Kier alpha value is -5.55. The van der Waals surface area contributed by atoms with Crippen LogP contribution in [0, 0.1) is 0 Å². The molecule has 1 aliphatic rings. The topological polar surface area (TPSA) is 33.5 Å². The molecule has 1 aliphatic heterocycles. The minimum absolute atomic E-state index is 0.00714. The zero-order chi connectivity index (χ0) is 40.7. The molecule has 292 valence electrons. The van der Waals surface area contributed by atoms with E-state index in [1.165, 1.54) is 50.1 Å². The lowest BCUT2D eigenvalue weighted by Crippen LogP contribution is -2.24. The van der Waals surface area contributed by atoms with Crippen LogP contribution >= 0.6 is 0 Å². The van der Waals surface area contributed by atoms with Crippen molar-refractivity contribution in [2.24, 2.45) is 0 Å². The van der Waals surface area contributed by atoms with Crippen LogP contribution in [-0.2, 0) is 21.7 Å². The second-order valence-corrected chi connectivity index (χ2v) is 20.0. The predicted octanol–water partition coefficient (Wildman–Crippen LogP) is 14.4. The van der Waals surface area contributed by atoms with Crippen molar-refractivity contribution >= 4 is 44.6 Å². The molecule has 57 heavy (non-hydrogen) atoms. The molecule has 0 unspecified atom stereocenters. The molecule has 0 bridgehead atoms. The van der Waals surface area contributed by atoms with E-state index in [0.717, 1.165) is 34.0 Å². The standard InChI is InChI=1S/C52H58N4O/c1-49(2,3)34-15-13-16-38(27-34)54-33-55(47-29-36(51(7,8)9)20-24-45(47)54)39-17-14-18-40(31-39)57-41-21-22-42-43-28-35(50(4,5)6)19-23-44(43)56(46(42)32-41)48-30-37(25-26-53-48)52(10,11)12/h13-32H,33H2,1-12H3. The van der Waals surface area contributed by atoms with Gasteiger partial charge in [0.05, 0.1) is 22.4 Å². The van der Waals surface area contributed by atoms with Gasteiger partial charge in [-0.3, -0.25) is 4.57 Å². The van der Waals surface area contributed by atoms with Gasteiger partial charge >= 0.3 is 0 Å². The average molecular weight is 755 g/mol. The summed E-state index contributed by atoms with van der Waals surface area (Å²) in [6.07, 6.45) is 1.94. The molecule has 0 spiro atoms. The number of nitrogens with zero attached hydrogens (tertiary/aromatic N) is 4. The van der Waals surface area contributed by atoms with Gasteiger partial charge in [-0.2, -0.15) is 0 Å². The normalized spacial score (nSPS) is 13.8. The van der Waals surface area contributed by atoms with E-state index >= 15 is 0 Å². The Balaban J connectivity index is 1.20. The molecule has 0 fully saturated rings. The van der Waals surface area contributed by atoms with Crippen molar-refractivity contribution in [3.8, 4) is 17.3 Å². The molecule has 8 rings (SSSR count). The molecule has 0 N–H and O–H groups in total. The summed E-state index contributed by atoms with van der Waals surface area (Å²) in [4.78, 5) is 9.79. The van der Waals surface area contributed by atoms with E-state index in [4.69, 9.17) is 9.72 Å². The maximum absolute atomic E-state index is 6.79. The van der Waals surface area contributed by atoms with Gasteiger partial charge in [-0.25, -0.2) is 4.98 Å². The summed E-state index contributed by atoms with van der Waals surface area (Å²) in [5, 5.41) is 2.40. The van der Waals surface area contributed by atoms with Crippen molar-refractivity contribution in [2.45, 2.75) is 105 Å². The average Bonchev–Trinajstić information content (AvgIpc) is 3.69. The van der Waals surface area contributed by atoms with E-state index in [2.05, 4.69) is 213 Å². The first-order chi connectivity index (χ1) is 26.8. The molecule has 5 heteroatoms. The molecule has 7 aromatic rings. The first-order valence-electron chi connectivity index (χ1n) is 20.4. The van der Waals surface area contributed by atoms with Crippen molar-refractivity contribution in [1.82, 2.24) is 9.55 Å². The van der Waals surface area contributed by atoms with Gasteiger partial charge in [0.25, 0.3) is 0 Å². The number of anilines is 4. The van der Waals surface area contributed by atoms with E-state index in [0.29, 0.717) is 6.67 Å². The summed E-state index contributed by atoms with van der Waals surface area (Å²) >= 11 is 0. The fraction of sp³-hybridized carbons (Fsp3) is 0.327. The first-order valence-corrected chi connectivity index (χ1v) is 20.4. The van der Waals surface area contributed by atoms with Gasteiger partial charge in [0.15, 0.2) is 0 Å². The first kappa shape index (κ1) is 38.3. The van der Waals surface area contributed by atoms with Crippen LogP contribution in [0.2, 0.25) is 0 Å². The van der Waals surface area contributed by atoms with Crippen molar-refractivity contribution in [3.63, 3.8) is 0 Å². The summed E-state index contributed by atoms with van der Waals surface area (Å²) in [6.45, 7) is 27.9. The van der Waals surface area contributed by atoms with Crippen molar-refractivity contribution in [3.05, 3.63) is 144 Å². The maximum atomic E-state index is 6.79. The molecular weight excluding hydrogens is 697 g/mol. The number of hydrogen-bond donors (Lipinski definition) is 0. The summed E-state index contributed by atoms with van der Waals surface area (Å²) in [5.41, 5.74) is 12.2. The number of pyridine rings is 1. The van der Waals surface area contributed by atoms with Crippen molar-refractivity contribution in [1.29, 1.82) is 0 Å². The van der Waals surface area contributed by atoms with E-state index in [1.807, 2.05) is 6.20 Å². The van der Waals surface area contributed by atoms with Crippen LogP contribution in [0.5, 0.6) is 11.5 Å². The highest BCUT2D eigenvalue weighted by Gasteiger charge is 2.31. The van der Waals surface area contributed by atoms with Gasteiger partial charge in [-0.15, -0.1) is 0 Å². The van der Waals surface area contributed by atoms with Crippen LogP contribution in [-0.4, -0.2) is 16.2 Å². The van der Waals surface area contributed by atoms with Gasteiger partial charge in [-0.05, 0) is 117 Å². The predicted molar refractivity (Wildman–Crippen MR) is 242 cm³/mol. The highest BCUT2D eigenvalue weighted by atomic mass is 16.5. The van der Waals surface area contributed by atoms with Crippen LogP contribution in [0.3, 0.4) is 0 Å². The summed E-state index contributed by atoms with van der Waals surface area (Å²) < 4.78 is 9.08. The zero-order valence-corrected chi connectivity index (χ0v) is 36.0. The third kappa shape index (κ3) is 7.29. The molecule has 5 aromatic carbocycles. The smallest absolute Gasteiger partial charge is 0.137 e. The second-order valence-electron chi connectivity index (χ2n) is 20.0. The molecule has 0 atom stereocenters. The molecule has 0 radical (unpaired) electrons. The molecule has 0 saturated heterocycles. The number of rotatable bonds is 5. The van der Waals surface area contributed by atoms with Crippen LogP contribution in [0.25, 0.3) is 27.6 Å². The quantitative estimate of drug-likeness (QED) is 0.175. The molecular formula is C52H58N4O. The Morgan fingerprint density at radius 2 is 1.04 bits per heavy atom. The number of ether oxygens (including phenoxy) is 1. The number of benzene rings is 5. The minimum atomic E-state index is -0.00714. The van der Waals surface area contributed by atoms with E-state index in [-0.39, 0.29) is 21.7 Å². The Labute approximate surface area is 339 Å². The third-order valence-corrected chi connectivity index (χ3v) is 11.5. The molecule has 0 amide bonds. The molecule has 0 aliphatic carbocycles. The number of aromatic nitrogens is 2. The van der Waals surface area contributed by atoms with Gasteiger partial charge in [0.1, 0.15) is 24.0 Å². The lowest BCUT2D eigenvalue weighted by molar-refractivity contribution is 0.483. The third-order valence-electron chi connectivity index (χ3n) is 11.5. The highest BCUT2D eigenvalue weighted by Crippen LogP contribution is 2.47. The van der Waals surface area contributed by atoms with Crippen molar-refractivity contribution in [2.75, 3.05) is 16.5 Å². The summed E-state index contributed by atoms with van der Waals surface area (Å²) in [7, 11) is 0. The largest absolute Gasteiger partial charge is 0.457 e. The Kier molecular flexibility index (Phi) is 9.11. The van der Waals surface area contributed by atoms with Gasteiger partial charge in [0, 0.05) is 40.5 Å². The van der Waals surface area contributed by atoms with E-state index < -0.39 is 0 Å². The second kappa shape index (κ2) is 13.5. The van der Waals surface area contributed by atoms with Crippen LogP contribution in [0.15, 0.2) is 121 Å². The molecule has 5 nitrogen and oxygen atoms in total. The Morgan fingerprint density at radius 1 is 0.456 bits per heavy atom. The number of hydrogen-bond acceptors (Lipinski definition) is 4. The molecule has 2 aromatic heterocycles. The van der Waals surface area contributed by atoms with E-state index in [1.54, 1.807) is 0 Å². The lowest BCUT2D eigenvalue weighted by atomic mass is 9.86. The van der Waals surface area contributed by atoms with Gasteiger partial charge < -0.3 is 14.5 Å². The Bertz CT molecular complexity index is 2640. The zero-order valence-electron chi connectivity index (χ0n) is 36.0. The van der Waals surface area contributed by atoms with Crippen LogP contribution < -0.4 is 14.5 Å². The fourth-order valence-electron chi connectivity index (χ4n) is 7.95. The SMILES string of the molecule is CC(C)(C)c1cccc(N2CN(c3cccc(Oc4ccc5c6cc(C(C)(C)C)ccc6n(-c6cc(C(C)(C)C)ccn6)c5c4)c3)c3cc(C(C)(C)C)ccc32)c1. The highest BCUT2D eigenvalue weighted by molar-refractivity contribution is 6.09. The summed E-state index contributed by atoms with van der Waals surface area (Å²) in [6, 6.07) is 42.2. The fourth-order valence-corrected chi connectivity index (χ4v) is 7.95. The van der Waals surface area contributed by atoms with Crippen LogP contribution in [0.4, 0.5) is 22.7 Å².